The van der Waals surface area contributed by atoms with Gasteiger partial charge >= 0.3 is 0 Å². The highest BCUT2D eigenvalue weighted by atomic mass is 14.8. The highest BCUT2D eigenvalue weighted by Crippen LogP contribution is 2.53. The number of aromatic nitrogens is 1. The summed E-state index contributed by atoms with van der Waals surface area (Å²) in [5.41, 5.74) is 9.19. The van der Waals surface area contributed by atoms with E-state index < -0.39 is 0 Å². The van der Waals surface area contributed by atoms with E-state index in [1.165, 1.54) is 11.3 Å². The van der Waals surface area contributed by atoms with E-state index in [1.807, 2.05) is 12.3 Å². The summed E-state index contributed by atoms with van der Waals surface area (Å²) in [7, 11) is 0. The van der Waals surface area contributed by atoms with Crippen molar-refractivity contribution in [3.8, 4) is 0 Å². The Morgan fingerprint density at radius 2 is 2.06 bits per heavy atom. The van der Waals surface area contributed by atoms with Crippen molar-refractivity contribution in [2.24, 2.45) is 17.1 Å². The van der Waals surface area contributed by atoms with Crippen molar-refractivity contribution in [3.63, 3.8) is 0 Å². The van der Waals surface area contributed by atoms with Crippen molar-refractivity contribution in [2.75, 3.05) is 0 Å². The maximum atomic E-state index is 6.51. The molecule has 94 valence electrons. The number of hydrogen-bond acceptors (Lipinski definition) is 2. The summed E-state index contributed by atoms with van der Waals surface area (Å²) < 4.78 is 0. The second-order valence-electron chi connectivity index (χ2n) is 6.60. The maximum Gasteiger partial charge on any atom is 0.0521 e. The van der Waals surface area contributed by atoms with Crippen molar-refractivity contribution in [1.82, 2.24) is 4.98 Å². The molecule has 1 aromatic heterocycles. The van der Waals surface area contributed by atoms with Gasteiger partial charge in [0.1, 0.15) is 0 Å². The van der Waals surface area contributed by atoms with E-state index in [0.29, 0.717) is 5.92 Å². The van der Waals surface area contributed by atoms with E-state index in [-0.39, 0.29) is 16.9 Å². The van der Waals surface area contributed by atoms with E-state index in [1.54, 1.807) is 0 Å². The molecule has 1 aliphatic carbocycles. The fourth-order valence-electron chi connectivity index (χ4n) is 4.03. The van der Waals surface area contributed by atoms with Crippen LogP contribution in [0.3, 0.4) is 0 Å². The lowest BCUT2D eigenvalue weighted by Gasteiger charge is -2.48. The maximum absolute atomic E-state index is 6.51. The van der Waals surface area contributed by atoms with Crippen LogP contribution in [0, 0.1) is 11.3 Å². The Morgan fingerprint density at radius 3 is 2.59 bits per heavy atom. The summed E-state index contributed by atoms with van der Waals surface area (Å²) in [4.78, 5) is 4.67. The molecule has 0 amide bonds. The Hall–Kier alpha value is -0.890. The van der Waals surface area contributed by atoms with E-state index >= 15 is 0 Å². The molecule has 1 unspecified atom stereocenters. The first kappa shape index (κ1) is 12.6. The van der Waals surface area contributed by atoms with Gasteiger partial charge < -0.3 is 5.73 Å². The highest BCUT2D eigenvalue weighted by molar-refractivity contribution is 5.40. The number of rotatable bonds is 1. The van der Waals surface area contributed by atoms with Gasteiger partial charge in [-0.3, -0.25) is 4.98 Å². The monoisotopic (exact) mass is 232 g/mol. The molecule has 1 heterocycles. The summed E-state index contributed by atoms with van der Waals surface area (Å²) in [6.45, 7) is 11.4. The first-order valence-electron chi connectivity index (χ1n) is 6.51. The molecule has 2 rings (SSSR count). The third kappa shape index (κ3) is 1.54. The SMILES string of the molecule is CC(C)C1(C(C)(C)C)c2ncccc2C[C@H]1N. The van der Waals surface area contributed by atoms with Gasteiger partial charge in [-0.15, -0.1) is 0 Å². The van der Waals surface area contributed by atoms with Gasteiger partial charge in [0.2, 0.25) is 0 Å². The average Bonchev–Trinajstić information content (AvgIpc) is 2.49. The zero-order chi connectivity index (χ0) is 12.8. The van der Waals surface area contributed by atoms with Gasteiger partial charge in [-0.25, -0.2) is 0 Å². The van der Waals surface area contributed by atoms with E-state index in [4.69, 9.17) is 5.73 Å². The summed E-state index contributed by atoms with van der Waals surface area (Å²) in [5.74, 6) is 0.494. The van der Waals surface area contributed by atoms with Crippen LogP contribution in [0.25, 0.3) is 0 Å². The molecule has 0 aliphatic heterocycles. The standard InChI is InChI=1S/C15H24N2/c1-10(2)15(14(3,4)5)12(16)9-11-7-6-8-17-13(11)15/h6-8,10,12H,9,16H2,1-5H3/t12-,15?/m1/s1. The molecule has 0 radical (unpaired) electrons. The molecule has 0 spiro atoms. The van der Waals surface area contributed by atoms with Crippen LogP contribution in [-0.2, 0) is 11.8 Å². The molecular weight excluding hydrogens is 208 g/mol. The van der Waals surface area contributed by atoms with Gasteiger partial charge in [0.05, 0.1) is 5.69 Å². The largest absolute Gasteiger partial charge is 0.327 e. The first-order valence-corrected chi connectivity index (χ1v) is 6.51. The van der Waals surface area contributed by atoms with Crippen LogP contribution in [-0.4, -0.2) is 11.0 Å². The molecule has 0 bridgehead atoms. The van der Waals surface area contributed by atoms with Gasteiger partial charge in [-0.2, -0.15) is 0 Å². The molecule has 2 nitrogen and oxygen atoms in total. The van der Waals surface area contributed by atoms with Gasteiger partial charge in [0, 0.05) is 17.7 Å². The van der Waals surface area contributed by atoms with Crippen LogP contribution in [0.2, 0.25) is 0 Å². The van der Waals surface area contributed by atoms with Crippen LogP contribution >= 0.6 is 0 Å². The molecule has 0 fully saturated rings. The Kier molecular flexibility index (Phi) is 2.81. The molecule has 0 aromatic carbocycles. The quantitative estimate of drug-likeness (QED) is 0.808. The zero-order valence-corrected chi connectivity index (χ0v) is 11.6. The second-order valence-corrected chi connectivity index (χ2v) is 6.60. The number of hydrogen-bond donors (Lipinski definition) is 1. The predicted octanol–water partition coefficient (Wildman–Crippen LogP) is 2.90. The minimum Gasteiger partial charge on any atom is -0.327 e. The van der Waals surface area contributed by atoms with Crippen molar-refractivity contribution in [1.29, 1.82) is 0 Å². The lowest BCUT2D eigenvalue weighted by atomic mass is 9.57. The molecule has 0 saturated heterocycles. The minimum atomic E-state index is -0.0103. The molecule has 1 aliphatic rings. The Labute approximate surface area is 105 Å². The van der Waals surface area contributed by atoms with E-state index in [9.17, 15) is 0 Å². The van der Waals surface area contributed by atoms with Crippen molar-refractivity contribution < 1.29 is 0 Å². The highest BCUT2D eigenvalue weighted by Gasteiger charge is 2.55. The van der Waals surface area contributed by atoms with Crippen LogP contribution in [0.15, 0.2) is 18.3 Å². The van der Waals surface area contributed by atoms with E-state index in [2.05, 4.69) is 45.7 Å². The molecule has 2 atom stereocenters. The third-order valence-electron chi connectivity index (χ3n) is 4.46. The van der Waals surface area contributed by atoms with Crippen molar-refractivity contribution >= 4 is 0 Å². The third-order valence-corrected chi connectivity index (χ3v) is 4.46. The molecular formula is C15H24N2. The fourth-order valence-corrected chi connectivity index (χ4v) is 4.03. The fraction of sp³-hybridized carbons (Fsp3) is 0.667. The van der Waals surface area contributed by atoms with Crippen LogP contribution in [0.4, 0.5) is 0 Å². The smallest absolute Gasteiger partial charge is 0.0521 e. The lowest BCUT2D eigenvalue weighted by Crippen LogP contribution is -2.55. The first-order chi connectivity index (χ1) is 7.81. The zero-order valence-electron chi connectivity index (χ0n) is 11.6. The Morgan fingerprint density at radius 1 is 1.41 bits per heavy atom. The minimum absolute atomic E-state index is 0.0103. The number of fused-ring (bicyclic) bond motifs is 1. The Balaban J connectivity index is 2.69. The number of nitrogens with two attached hydrogens (primary N) is 1. The topological polar surface area (TPSA) is 38.9 Å². The summed E-state index contributed by atoms with van der Waals surface area (Å²) >= 11 is 0. The predicted molar refractivity (Wildman–Crippen MR) is 71.9 cm³/mol. The Bertz CT molecular complexity index is 417. The summed E-state index contributed by atoms with van der Waals surface area (Å²) in [5, 5.41) is 0. The second kappa shape index (κ2) is 3.81. The molecule has 2 heteroatoms. The normalized spacial score (nSPS) is 28.5. The average molecular weight is 232 g/mol. The van der Waals surface area contributed by atoms with Crippen LogP contribution in [0.1, 0.15) is 45.9 Å². The van der Waals surface area contributed by atoms with Crippen molar-refractivity contribution in [3.05, 3.63) is 29.6 Å². The lowest BCUT2D eigenvalue weighted by molar-refractivity contribution is 0.0983. The molecule has 1 aromatic rings. The summed E-state index contributed by atoms with van der Waals surface area (Å²) in [6, 6.07) is 4.37. The van der Waals surface area contributed by atoms with Crippen LogP contribution in [0.5, 0.6) is 0 Å². The molecule has 17 heavy (non-hydrogen) atoms. The van der Waals surface area contributed by atoms with Gasteiger partial charge in [0.25, 0.3) is 0 Å². The van der Waals surface area contributed by atoms with Gasteiger partial charge in [-0.1, -0.05) is 40.7 Å². The van der Waals surface area contributed by atoms with E-state index in [0.717, 1.165) is 6.42 Å². The van der Waals surface area contributed by atoms with Gasteiger partial charge in [-0.05, 0) is 29.4 Å². The summed E-state index contributed by atoms with van der Waals surface area (Å²) in [6.07, 6.45) is 2.86. The van der Waals surface area contributed by atoms with Gasteiger partial charge in [0.15, 0.2) is 0 Å². The van der Waals surface area contributed by atoms with Crippen LogP contribution < -0.4 is 5.73 Å². The molecule has 2 N–H and O–H groups in total. The number of nitrogens with zero attached hydrogens (tertiary/aromatic N) is 1. The van der Waals surface area contributed by atoms with Crippen molar-refractivity contribution in [2.45, 2.75) is 52.5 Å². The molecule has 0 saturated carbocycles. The number of pyridine rings is 1.